The molecule has 0 saturated carbocycles. The first-order valence-corrected chi connectivity index (χ1v) is 10.5. The van der Waals surface area contributed by atoms with Crippen molar-refractivity contribution in [3.05, 3.63) is 34.2 Å². The van der Waals surface area contributed by atoms with Crippen LogP contribution in [0.4, 0.5) is 0 Å². The Hall–Kier alpha value is -2.33. The summed E-state index contributed by atoms with van der Waals surface area (Å²) in [7, 11) is 0. The number of ether oxygens (including phenoxy) is 4. The van der Waals surface area contributed by atoms with Gasteiger partial charge in [0.25, 0.3) is 0 Å². The minimum Gasteiger partial charge on any atom is -0.507 e. The number of hydrogen-bond acceptors (Lipinski definition) is 13. The first-order valence-electron chi connectivity index (χ1n) is 10.5. The zero-order valence-electron chi connectivity index (χ0n) is 17.9. The Morgan fingerprint density at radius 1 is 0.941 bits per heavy atom. The van der Waals surface area contributed by atoms with E-state index in [1.165, 1.54) is 12.1 Å². The number of aryl methyl sites for hydroxylation is 1. The molecular weight excluding hydrogens is 460 g/mol. The SMILES string of the molecule is Cc1cc(=O)c2c(O)cc(O[C@@H]3O[C@H](CO[C@@H]4OC[C@H](O)[C@H](O)[C@H]4O)[C@@H](O)[C@H](O)[C@H]3O)cc2o1. The predicted octanol–water partition coefficient (Wildman–Crippen LogP) is -2.55. The quantitative estimate of drug-likeness (QED) is 0.232. The van der Waals surface area contributed by atoms with Gasteiger partial charge in [0.1, 0.15) is 71.0 Å². The minimum absolute atomic E-state index is 0.0231. The smallest absolute Gasteiger partial charge is 0.229 e. The summed E-state index contributed by atoms with van der Waals surface area (Å²) in [5.74, 6) is -0.200. The van der Waals surface area contributed by atoms with E-state index in [-0.39, 0.29) is 23.3 Å². The van der Waals surface area contributed by atoms with Crippen molar-refractivity contribution in [1.29, 1.82) is 0 Å². The Balaban J connectivity index is 1.48. The van der Waals surface area contributed by atoms with E-state index in [2.05, 4.69) is 0 Å². The van der Waals surface area contributed by atoms with Gasteiger partial charge in [0, 0.05) is 18.2 Å². The summed E-state index contributed by atoms with van der Waals surface area (Å²) in [5.41, 5.74) is -0.438. The van der Waals surface area contributed by atoms with Gasteiger partial charge >= 0.3 is 0 Å². The molecule has 188 valence electrons. The average molecular weight is 486 g/mol. The van der Waals surface area contributed by atoms with E-state index < -0.39 is 73.1 Å². The third kappa shape index (κ3) is 4.75. The first kappa shape index (κ1) is 24.8. The monoisotopic (exact) mass is 486 g/mol. The van der Waals surface area contributed by atoms with Crippen LogP contribution in [0.3, 0.4) is 0 Å². The number of aromatic hydroxyl groups is 1. The molecule has 0 radical (unpaired) electrons. The highest BCUT2D eigenvalue weighted by atomic mass is 16.7. The number of fused-ring (bicyclic) bond motifs is 1. The van der Waals surface area contributed by atoms with Crippen LogP contribution in [0.15, 0.2) is 27.4 Å². The lowest BCUT2D eigenvalue weighted by atomic mass is 9.99. The van der Waals surface area contributed by atoms with Crippen molar-refractivity contribution < 1.29 is 59.1 Å². The second-order valence-electron chi connectivity index (χ2n) is 8.25. The van der Waals surface area contributed by atoms with Crippen molar-refractivity contribution in [3.8, 4) is 11.5 Å². The molecule has 9 atom stereocenters. The molecule has 0 spiro atoms. The van der Waals surface area contributed by atoms with Crippen LogP contribution in [0.2, 0.25) is 0 Å². The molecule has 0 amide bonds. The van der Waals surface area contributed by atoms with Gasteiger partial charge in [-0.2, -0.15) is 0 Å². The molecule has 3 heterocycles. The molecule has 2 aliphatic rings. The fourth-order valence-electron chi connectivity index (χ4n) is 3.83. The van der Waals surface area contributed by atoms with E-state index in [4.69, 9.17) is 23.4 Å². The van der Waals surface area contributed by atoms with E-state index in [1.807, 2.05) is 0 Å². The molecule has 2 fully saturated rings. The molecule has 13 nitrogen and oxygen atoms in total. The van der Waals surface area contributed by atoms with E-state index in [0.717, 1.165) is 6.07 Å². The predicted molar refractivity (Wildman–Crippen MR) is 110 cm³/mol. The summed E-state index contributed by atoms with van der Waals surface area (Å²) in [4.78, 5) is 12.1. The van der Waals surface area contributed by atoms with E-state index in [1.54, 1.807) is 6.92 Å². The maximum atomic E-state index is 12.1. The standard InChI is InChI=1S/C21H26O13/c1-7-2-9(22)14-10(23)3-8(4-12(14)32-7)33-21-19(29)17(27)16(26)13(34-21)6-31-20-18(28)15(25)11(24)5-30-20/h2-4,11,13,15-21,23-29H,5-6H2,1H3/t11-,13+,15-,16+,17-,18+,19+,20-,21+/m0/s1. The van der Waals surface area contributed by atoms with E-state index in [9.17, 15) is 40.5 Å². The van der Waals surface area contributed by atoms with Gasteiger partial charge in [-0.3, -0.25) is 4.79 Å². The lowest BCUT2D eigenvalue weighted by molar-refractivity contribution is -0.307. The maximum Gasteiger partial charge on any atom is 0.229 e. The van der Waals surface area contributed by atoms with Gasteiger partial charge in [0.15, 0.2) is 11.7 Å². The van der Waals surface area contributed by atoms with E-state index in [0.29, 0.717) is 5.76 Å². The minimum atomic E-state index is -1.72. The molecule has 4 rings (SSSR count). The molecule has 0 bridgehead atoms. The van der Waals surface area contributed by atoms with Gasteiger partial charge in [-0.15, -0.1) is 0 Å². The normalized spacial score (nSPS) is 36.5. The average Bonchev–Trinajstić information content (AvgIpc) is 2.77. The molecule has 1 aromatic carbocycles. The number of rotatable bonds is 5. The summed E-state index contributed by atoms with van der Waals surface area (Å²) in [6.07, 6.45) is -13.6. The summed E-state index contributed by atoms with van der Waals surface area (Å²) >= 11 is 0. The van der Waals surface area contributed by atoms with Crippen molar-refractivity contribution in [2.24, 2.45) is 0 Å². The Morgan fingerprint density at radius 2 is 1.65 bits per heavy atom. The first-order chi connectivity index (χ1) is 16.1. The van der Waals surface area contributed by atoms with Crippen LogP contribution in [0.5, 0.6) is 11.5 Å². The van der Waals surface area contributed by atoms with Crippen molar-refractivity contribution in [2.45, 2.75) is 62.2 Å². The van der Waals surface area contributed by atoms with E-state index >= 15 is 0 Å². The number of benzene rings is 1. The van der Waals surface area contributed by atoms with Crippen LogP contribution >= 0.6 is 0 Å². The molecule has 13 heteroatoms. The van der Waals surface area contributed by atoms with Crippen LogP contribution in [0, 0.1) is 6.92 Å². The molecular formula is C21H26O13. The molecule has 0 unspecified atom stereocenters. The maximum absolute atomic E-state index is 12.1. The van der Waals surface area contributed by atoms with Crippen molar-refractivity contribution in [3.63, 3.8) is 0 Å². The number of aliphatic hydroxyl groups is 6. The number of phenolic OH excluding ortho intramolecular Hbond substituents is 1. The second kappa shape index (κ2) is 9.73. The summed E-state index contributed by atoms with van der Waals surface area (Å²) < 4.78 is 27.0. The van der Waals surface area contributed by atoms with Gasteiger partial charge < -0.3 is 59.1 Å². The molecule has 7 N–H and O–H groups in total. The third-order valence-electron chi connectivity index (χ3n) is 5.71. The molecule has 34 heavy (non-hydrogen) atoms. The highest BCUT2D eigenvalue weighted by Crippen LogP contribution is 2.31. The van der Waals surface area contributed by atoms with Crippen LogP contribution in [-0.2, 0) is 14.2 Å². The van der Waals surface area contributed by atoms with Crippen molar-refractivity contribution >= 4 is 11.0 Å². The number of phenols is 1. The van der Waals surface area contributed by atoms with Gasteiger partial charge in [-0.05, 0) is 6.92 Å². The van der Waals surface area contributed by atoms with Crippen LogP contribution in [0.1, 0.15) is 5.76 Å². The zero-order valence-corrected chi connectivity index (χ0v) is 17.9. The Bertz CT molecular complexity index is 1070. The summed E-state index contributed by atoms with van der Waals surface area (Å²) in [6, 6.07) is 3.61. The summed E-state index contributed by atoms with van der Waals surface area (Å²) in [6.45, 7) is 0.798. The van der Waals surface area contributed by atoms with Crippen LogP contribution < -0.4 is 10.2 Å². The van der Waals surface area contributed by atoms with Gasteiger partial charge in [-0.25, -0.2) is 0 Å². The third-order valence-corrected chi connectivity index (χ3v) is 5.71. The highest BCUT2D eigenvalue weighted by Gasteiger charge is 2.46. The fraction of sp³-hybridized carbons (Fsp3) is 0.571. The molecule has 0 aliphatic carbocycles. The Kier molecular flexibility index (Phi) is 7.09. The van der Waals surface area contributed by atoms with Gasteiger partial charge in [0.2, 0.25) is 6.29 Å². The number of hydrogen-bond donors (Lipinski definition) is 7. The Labute approximate surface area is 191 Å². The largest absolute Gasteiger partial charge is 0.507 e. The summed E-state index contributed by atoms with van der Waals surface area (Å²) in [5, 5.41) is 70.2. The van der Waals surface area contributed by atoms with Gasteiger partial charge in [-0.1, -0.05) is 0 Å². The molecule has 1 aromatic heterocycles. The lowest BCUT2D eigenvalue weighted by Crippen LogP contribution is -2.61. The highest BCUT2D eigenvalue weighted by molar-refractivity contribution is 5.84. The topological polar surface area (TPSA) is 209 Å². The second-order valence-corrected chi connectivity index (χ2v) is 8.25. The van der Waals surface area contributed by atoms with Crippen molar-refractivity contribution in [2.75, 3.05) is 13.2 Å². The zero-order chi connectivity index (χ0) is 24.7. The lowest BCUT2D eigenvalue weighted by Gasteiger charge is -2.41. The fourth-order valence-corrected chi connectivity index (χ4v) is 3.83. The molecule has 2 aliphatic heterocycles. The molecule has 2 aromatic rings. The van der Waals surface area contributed by atoms with Crippen molar-refractivity contribution in [1.82, 2.24) is 0 Å². The molecule has 2 saturated heterocycles. The number of aliphatic hydroxyl groups excluding tert-OH is 6. The van der Waals surface area contributed by atoms with Crippen LogP contribution in [-0.4, -0.2) is 104 Å². The van der Waals surface area contributed by atoms with Crippen LogP contribution in [0.25, 0.3) is 11.0 Å². The van der Waals surface area contributed by atoms with Gasteiger partial charge in [0.05, 0.1) is 13.2 Å². The Morgan fingerprint density at radius 3 is 2.38 bits per heavy atom.